The first-order chi connectivity index (χ1) is 9.92. The molecule has 3 N–H and O–H groups in total. The molecule has 6 heteroatoms. The molecule has 1 heterocycles. The molecule has 0 saturated heterocycles. The summed E-state index contributed by atoms with van der Waals surface area (Å²) in [7, 11) is 0. The minimum absolute atomic E-state index is 0.0432. The molecule has 1 unspecified atom stereocenters. The molecule has 1 aliphatic carbocycles. The van der Waals surface area contributed by atoms with Crippen molar-refractivity contribution in [1.82, 2.24) is 15.3 Å². The summed E-state index contributed by atoms with van der Waals surface area (Å²) in [6, 6.07) is -0.348. The van der Waals surface area contributed by atoms with Crippen LogP contribution >= 0.6 is 0 Å². The van der Waals surface area contributed by atoms with Crippen molar-refractivity contribution in [2.24, 2.45) is 5.92 Å². The van der Waals surface area contributed by atoms with Gasteiger partial charge in [0.1, 0.15) is 11.4 Å². The fourth-order valence-corrected chi connectivity index (χ4v) is 2.43. The second kappa shape index (κ2) is 6.39. The molecule has 1 aliphatic rings. The van der Waals surface area contributed by atoms with Crippen LogP contribution in [0.4, 0.5) is 0 Å². The maximum Gasteiger partial charge on any atom is 0.264 e. The Bertz CT molecular complexity index is 576. The Hall–Kier alpha value is -1.69. The number of hydrogen-bond acceptors (Lipinski definition) is 4. The van der Waals surface area contributed by atoms with E-state index in [1.165, 1.54) is 0 Å². The first-order valence-electron chi connectivity index (χ1n) is 7.44. The van der Waals surface area contributed by atoms with Gasteiger partial charge in [0, 0.05) is 5.92 Å². The Morgan fingerprint density at radius 3 is 2.62 bits per heavy atom. The van der Waals surface area contributed by atoms with E-state index in [1.54, 1.807) is 6.92 Å². The number of aromatic amines is 1. The average molecular weight is 293 g/mol. The zero-order valence-electron chi connectivity index (χ0n) is 12.8. The highest BCUT2D eigenvalue weighted by atomic mass is 16.3. The topological polar surface area (TPSA) is 95.1 Å². The predicted molar refractivity (Wildman–Crippen MR) is 79.4 cm³/mol. The van der Waals surface area contributed by atoms with Crippen molar-refractivity contribution in [3.05, 3.63) is 27.4 Å². The number of nitrogens with zero attached hydrogens (tertiary/aromatic N) is 1. The lowest BCUT2D eigenvalue weighted by Gasteiger charge is -2.18. The van der Waals surface area contributed by atoms with Gasteiger partial charge in [0.2, 0.25) is 0 Å². The second-order valence-electron chi connectivity index (χ2n) is 6.17. The van der Waals surface area contributed by atoms with Gasteiger partial charge >= 0.3 is 0 Å². The van der Waals surface area contributed by atoms with E-state index in [0.29, 0.717) is 29.8 Å². The maximum atomic E-state index is 12.3. The van der Waals surface area contributed by atoms with E-state index in [4.69, 9.17) is 0 Å². The van der Waals surface area contributed by atoms with Crippen molar-refractivity contribution in [2.45, 2.75) is 52.0 Å². The number of carbonyl (C=O) groups is 1. The van der Waals surface area contributed by atoms with Gasteiger partial charge in [-0.1, -0.05) is 13.8 Å². The van der Waals surface area contributed by atoms with Crippen LogP contribution in [-0.2, 0) is 0 Å². The molecule has 116 valence electrons. The normalized spacial score (nSPS) is 16.0. The number of rotatable bonds is 6. The van der Waals surface area contributed by atoms with Crippen LogP contribution in [0, 0.1) is 12.8 Å². The van der Waals surface area contributed by atoms with E-state index in [-0.39, 0.29) is 18.2 Å². The Morgan fingerprint density at radius 2 is 2.14 bits per heavy atom. The summed E-state index contributed by atoms with van der Waals surface area (Å²) in [5.74, 6) is 0.884. The molecule has 21 heavy (non-hydrogen) atoms. The standard InChI is InChI=1S/C15H23N3O3/c1-8(2)6-11(7-19)17-14(20)12-9(3)16-13(10-4-5-10)18-15(12)21/h8,10-11,19H,4-7H2,1-3H3,(H,17,20)(H,16,18,21). The first kappa shape index (κ1) is 15.7. The molecule has 1 amide bonds. The van der Waals surface area contributed by atoms with E-state index in [1.807, 2.05) is 13.8 Å². The van der Waals surface area contributed by atoms with Gasteiger partial charge in [-0.05, 0) is 32.1 Å². The lowest BCUT2D eigenvalue weighted by Crippen LogP contribution is -2.41. The third-order valence-corrected chi connectivity index (χ3v) is 3.62. The van der Waals surface area contributed by atoms with Crippen LogP contribution in [0.15, 0.2) is 4.79 Å². The van der Waals surface area contributed by atoms with Gasteiger partial charge < -0.3 is 15.4 Å². The quantitative estimate of drug-likeness (QED) is 0.731. The number of hydrogen-bond donors (Lipinski definition) is 3. The first-order valence-corrected chi connectivity index (χ1v) is 7.44. The lowest BCUT2D eigenvalue weighted by molar-refractivity contribution is 0.0905. The number of carbonyl (C=O) groups excluding carboxylic acids is 1. The number of aliphatic hydroxyl groups excluding tert-OH is 1. The lowest BCUT2D eigenvalue weighted by atomic mass is 10.0. The molecule has 1 fully saturated rings. The summed E-state index contributed by atoms with van der Waals surface area (Å²) in [5.41, 5.74) is 0.0872. The van der Waals surface area contributed by atoms with Gasteiger partial charge in [0.15, 0.2) is 0 Å². The highest BCUT2D eigenvalue weighted by molar-refractivity contribution is 5.95. The van der Waals surface area contributed by atoms with Gasteiger partial charge in [0.25, 0.3) is 11.5 Å². The largest absolute Gasteiger partial charge is 0.394 e. The number of aliphatic hydroxyl groups is 1. The molecule has 1 atom stereocenters. The Morgan fingerprint density at radius 1 is 1.48 bits per heavy atom. The van der Waals surface area contributed by atoms with Crippen LogP contribution in [0.25, 0.3) is 0 Å². The van der Waals surface area contributed by atoms with Gasteiger partial charge in [0.05, 0.1) is 18.3 Å². The molecular formula is C15H23N3O3. The summed E-state index contributed by atoms with van der Waals surface area (Å²) < 4.78 is 0. The summed E-state index contributed by atoms with van der Waals surface area (Å²) in [4.78, 5) is 31.4. The van der Waals surface area contributed by atoms with Gasteiger partial charge in [-0.15, -0.1) is 0 Å². The van der Waals surface area contributed by atoms with Crippen molar-refractivity contribution in [2.75, 3.05) is 6.61 Å². The van der Waals surface area contributed by atoms with Crippen LogP contribution < -0.4 is 10.9 Å². The number of H-pyrrole nitrogens is 1. The van der Waals surface area contributed by atoms with Crippen molar-refractivity contribution in [3.63, 3.8) is 0 Å². The third kappa shape index (κ3) is 3.91. The van der Waals surface area contributed by atoms with Crippen LogP contribution in [0.5, 0.6) is 0 Å². The minimum atomic E-state index is -0.469. The van der Waals surface area contributed by atoms with Crippen LogP contribution in [0.2, 0.25) is 0 Å². The number of amides is 1. The molecule has 6 nitrogen and oxygen atoms in total. The Balaban J connectivity index is 2.16. The summed E-state index contributed by atoms with van der Waals surface area (Å²) in [6.45, 7) is 5.55. The molecule has 0 aliphatic heterocycles. The van der Waals surface area contributed by atoms with Crippen molar-refractivity contribution in [3.8, 4) is 0 Å². The van der Waals surface area contributed by atoms with E-state index < -0.39 is 11.5 Å². The molecule has 1 aromatic rings. The van der Waals surface area contributed by atoms with Gasteiger partial charge in [-0.3, -0.25) is 9.59 Å². The van der Waals surface area contributed by atoms with Gasteiger partial charge in [-0.2, -0.15) is 0 Å². The van der Waals surface area contributed by atoms with Crippen LogP contribution in [0.1, 0.15) is 60.9 Å². The van der Waals surface area contributed by atoms with E-state index in [2.05, 4.69) is 15.3 Å². The third-order valence-electron chi connectivity index (χ3n) is 3.62. The number of aromatic nitrogens is 2. The highest BCUT2D eigenvalue weighted by Crippen LogP contribution is 2.37. The van der Waals surface area contributed by atoms with Gasteiger partial charge in [-0.25, -0.2) is 4.98 Å². The zero-order chi connectivity index (χ0) is 15.6. The molecule has 2 rings (SSSR count). The fraction of sp³-hybridized carbons (Fsp3) is 0.667. The molecule has 1 aromatic heterocycles. The SMILES string of the molecule is Cc1nc(C2CC2)[nH]c(=O)c1C(=O)NC(CO)CC(C)C. The van der Waals surface area contributed by atoms with Crippen molar-refractivity contribution < 1.29 is 9.90 Å². The van der Waals surface area contributed by atoms with Crippen LogP contribution in [-0.4, -0.2) is 33.6 Å². The molecule has 0 aromatic carbocycles. The number of aryl methyl sites for hydroxylation is 1. The van der Waals surface area contributed by atoms with Crippen molar-refractivity contribution in [1.29, 1.82) is 0 Å². The summed E-state index contributed by atoms with van der Waals surface area (Å²) >= 11 is 0. The Labute approximate surface area is 124 Å². The minimum Gasteiger partial charge on any atom is -0.394 e. The molecule has 1 saturated carbocycles. The maximum absolute atomic E-state index is 12.3. The smallest absolute Gasteiger partial charge is 0.264 e. The van der Waals surface area contributed by atoms with Crippen LogP contribution in [0.3, 0.4) is 0 Å². The predicted octanol–water partition coefficient (Wildman–Crippen LogP) is 1.09. The molecule has 0 spiro atoms. The van der Waals surface area contributed by atoms with Crippen molar-refractivity contribution >= 4 is 5.91 Å². The number of nitrogens with one attached hydrogen (secondary N) is 2. The van der Waals surface area contributed by atoms with E-state index in [9.17, 15) is 14.7 Å². The summed E-state index contributed by atoms with van der Waals surface area (Å²) in [5, 5.41) is 12.0. The molecule has 0 radical (unpaired) electrons. The molecular weight excluding hydrogens is 270 g/mol. The average Bonchev–Trinajstić information content (AvgIpc) is 3.20. The fourth-order valence-electron chi connectivity index (χ4n) is 2.43. The zero-order valence-corrected chi connectivity index (χ0v) is 12.8. The monoisotopic (exact) mass is 293 g/mol. The summed E-state index contributed by atoms with van der Waals surface area (Å²) in [6.07, 6.45) is 2.73. The second-order valence-corrected chi connectivity index (χ2v) is 6.17. The highest BCUT2D eigenvalue weighted by Gasteiger charge is 2.28. The molecule has 0 bridgehead atoms. The van der Waals surface area contributed by atoms with E-state index >= 15 is 0 Å². The van der Waals surface area contributed by atoms with E-state index in [0.717, 1.165) is 12.8 Å². The Kier molecular flexibility index (Phi) is 4.77.